The van der Waals surface area contributed by atoms with Gasteiger partial charge in [0.15, 0.2) is 11.5 Å². The number of rotatable bonds is 8. The fourth-order valence-electron chi connectivity index (χ4n) is 6.74. The lowest BCUT2D eigenvalue weighted by atomic mass is 9.56. The monoisotopic (exact) mass is 526 g/mol. The first-order valence-electron chi connectivity index (χ1n) is 14.3. The largest absolute Gasteiger partial charge is 0.508 e. The molecule has 0 aliphatic heterocycles. The topological polar surface area (TPSA) is 49.7 Å². The first-order chi connectivity index (χ1) is 18.2. The summed E-state index contributed by atoms with van der Waals surface area (Å²) < 4.78 is 5.56. The van der Waals surface area contributed by atoms with E-state index >= 15 is 0 Å². The third-order valence-corrected chi connectivity index (χ3v) is 9.95. The zero-order valence-electron chi connectivity index (χ0n) is 25.5. The Bertz CT molecular complexity index is 1430. The van der Waals surface area contributed by atoms with Crippen molar-refractivity contribution in [1.29, 1.82) is 0 Å². The van der Waals surface area contributed by atoms with Gasteiger partial charge in [0.2, 0.25) is 0 Å². The molecule has 0 saturated carbocycles. The lowest BCUT2D eigenvalue weighted by Crippen LogP contribution is -2.39. The molecule has 0 amide bonds. The molecule has 1 aliphatic rings. The van der Waals surface area contributed by atoms with Crippen LogP contribution in [0.25, 0.3) is 17.2 Å². The molecule has 2 atom stereocenters. The van der Waals surface area contributed by atoms with Crippen molar-refractivity contribution in [3.63, 3.8) is 0 Å². The van der Waals surface area contributed by atoms with E-state index in [1.807, 2.05) is 18.2 Å². The van der Waals surface area contributed by atoms with Gasteiger partial charge < -0.3 is 14.9 Å². The summed E-state index contributed by atoms with van der Waals surface area (Å²) in [5, 5.41) is 22.1. The molecule has 3 aromatic rings. The normalized spacial score (nSPS) is 18.1. The number of hydrogen-bond donors (Lipinski definition) is 2. The molecule has 0 spiro atoms. The summed E-state index contributed by atoms with van der Waals surface area (Å²) in [6.07, 6.45) is 4.32. The molecule has 39 heavy (non-hydrogen) atoms. The first kappa shape index (κ1) is 28.8. The van der Waals surface area contributed by atoms with E-state index in [4.69, 9.17) is 4.74 Å². The van der Waals surface area contributed by atoms with Gasteiger partial charge in [-0.3, -0.25) is 0 Å². The minimum Gasteiger partial charge on any atom is -0.508 e. The van der Waals surface area contributed by atoms with Crippen LogP contribution in [0.5, 0.6) is 17.2 Å². The van der Waals surface area contributed by atoms with Crippen molar-refractivity contribution >= 4 is 6.08 Å². The van der Waals surface area contributed by atoms with Crippen molar-refractivity contribution in [2.45, 2.75) is 86.5 Å². The Morgan fingerprint density at radius 2 is 1.62 bits per heavy atom. The summed E-state index contributed by atoms with van der Waals surface area (Å²) in [7, 11) is 1.59. The van der Waals surface area contributed by atoms with E-state index < -0.39 is 5.41 Å². The molecular formula is C36H46O3. The number of allylic oxidation sites excluding steroid dienone is 1. The molecule has 3 nitrogen and oxygen atoms in total. The summed E-state index contributed by atoms with van der Waals surface area (Å²) in [6, 6.07) is 16.3. The third-order valence-electron chi connectivity index (χ3n) is 9.95. The number of benzene rings is 3. The van der Waals surface area contributed by atoms with Crippen LogP contribution in [0, 0.1) is 17.8 Å². The molecule has 3 heteroatoms. The van der Waals surface area contributed by atoms with E-state index in [9.17, 15) is 10.2 Å². The molecule has 1 aliphatic carbocycles. The summed E-state index contributed by atoms with van der Waals surface area (Å²) in [4.78, 5) is 0. The van der Waals surface area contributed by atoms with Crippen LogP contribution in [0.1, 0.15) is 102 Å². The molecule has 0 radical (unpaired) electrons. The summed E-state index contributed by atoms with van der Waals surface area (Å²) in [6.45, 7) is 20.4. The van der Waals surface area contributed by atoms with E-state index in [0.717, 1.165) is 35.1 Å². The average molecular weight is 527 g/mol. The highest BCUT2D eigenvalue weighted by atomic mass is 16.5. The number of hydrogen-bond acceptors (Lipinski definition) is 3. The van der Waals surface area contributed by atoms with Gasteiger partial charge in [-0.05, 0) is 82.7 Å². The second-order valence-corrected chi connectivity index (χ2v) is 12.9. The molecule has 0 fully saturated rings. The second kappa shape index (κ2) is 10.1. The number of aryl methyl sites for hydroxylation is 1. The highest BCUT2D eigenvalue weighted by molar-refractivity contribution is 5.91. The number of ether oxygens (including phenoxy) is 1. The van der Waals surface area contributed by atoms with Gasteiger partial charge in [-0.1, -0.05) is 96.9 Å². The van der Waals surface area contributed by atoms with Crippen molar-refractivity contribution < 1.29 is 14.9 Å². The van der Waals surface area contributed by atoms with Gasteiger partial charge >= 0.3 is 0 Å². The molecule has 4 rings (SSSR count). The van der Waals surface area contributed by atoms with Crippen LogP contribution in [-0.2, 0) is 5.41 Å². The quantitative estimate of drug-likeness (QED) is 0.307. The number of aromatic hydroxyl groups is 2. The molecule has 3 aromatic carbocycles. The predicted molar refractivity (Wildman–Crippen MR) is 164 cm³/mol. The van der Waals surface area contributed by atoms with E-state index in [1.165, 1.54) is 22.3 Å². The molecule has 0 aromatic heterocycles. The van der Waals surface area contributed by atoms with Crippen molar-refractivity contribution in [2.75, 3.05) is 7.11 Å². The van der Waals surface area contributed by atoms with Crippen molar-refractivity contribution in [3.8, 4) is 28.4 Å². The predicted octanol–water partition coefficient (Wildman–Crippen LogP) is 9.76. The Morgan fingerprint density at radius 3 is 2.23 bits per heavy atom. The molecule has 0 heterocycles. The second-order valence-electron chi connectivity index (χ2n) is 12.9. The molecule has 0 bridgehead atoms. The number of fused-ring (bicyclic) bond motifs is 3. The highest BCUT2D eigenvalue weighted by Gasteiger charge is 2.53. The lowest BCUT2D eigenvalue weighted by molar-refractivity contribution is 0.205. The zero-order chi connectivity index (χ0) is 28.9. The van der Waals surface area contributed by atoms with Gasteiger partial charge in [0, 0.05) is 16.9 Å². The fraction of sp³-hybridized carbons (Fsp3) is 0.444. The van der Waals surface area contributed by atoms with Crippen LogP contribution in [0.4, 0.5) is 0 Å². The van der Waals surface area contributed by atoms with Crippen molar-refractivity contribution in [3.05, 3.63) is 81.9 Å². The van der Waals surface area contributed by atoms with Gasteiger partial charge in [0.1, 0.15) is 5.75 Å². The van der Waals surface area contributed by atoms with Gasteiger partial charge in [-0.2, -0.15) is 0 Å². The van der Waals surface area contributed by atoms with Crippen LogP contribution in [0.3, 0.4) is 0 Å². The first-order valence-corrected chi connectivity index (χ1v) is 14.3. The van der Waals surface area contributed by atoms with Crippen LogP contribution in [-0.4, -0.2) is 17.3 Å². The van der Waals surface area contributed by atoms with E-state index in [2.05, 4.69) is 92.7 Å². The van der Waals surface area contributed by atoms with E-state index in [1.54, 1.807) is 13.2 Å². The number of phenols is 2. The van der Waals surface area contributed by atoms with Crippen LogP contribution in [0.15, 0.2) is 54.1 Å². The molecule has 2 N–H and O–H groups in total. The Balaban J connectivity index is 2.14. The lowest BCUT2D eigenvalue weighted by Gasteiger charge is -2.46. The zero-order valence-corrected chi connectivity index (χ0v) is 25.5. The maximum atomic E-state index is 11.7. The summed E-state index contributed by atoms with van der Waals surface area (Å²) in [5.74, 6) is 0.917. The van der Waals surface area contributed by atoms with Crippen molar-refractivity contribution in [2.24, 2.45) is 10.8 Å². The average Bonchev–Trinajstić information content (AvgIpc) is 3.17. The van der Waals surface area contributed by atoms with Crippen LogP contribution < -0.4 is 4.74 Å². The molecular weight excluding hydrogens is 480 g/mol. The summed E-state index contributed by atoms with van der Waals surface area (Å²) >= 11 is 0. The number of phenolic OH excluding ortho intramolecular Hbond substituents is 2. The maximum Gasteiger partial charge on any atom is 0.160 e. The molecule has 208 valence electrons. The highest BCUT2D eigenvalue weighted by Crippen LogP contribution is 2.64. The third kappa shape index (κ3) is 4.54. The van der Waals surface area contributed by atoms with Gasteiger partial charge in [0.25, 0.3) is 0 Å². The summed E-state index contributed by atoms with van der Waals surface area (Å²) in [5.41, 5.74) is 8.77. The van der Waals surface area contributed by atoms with Gasteiger partial charge in [-0.15, -0.1) is 0 Å². The Morgan fingerprint density at radius 1 is 0.949 bits per heavy atom. The smallest absolute Gasteiger partial charge is 0.160 e. The molecule has 0 saturated heterocycles. The van der Waals surface area contributed by atoms with Gasteiger partial charge in [0.05, 0.1) is 7.11 Å². The van der Waals surface area contributed by atoms with Gasteiger partial charge in [-0.25, -0.2) is 0 Å². The number of methoxy groups -OCH3 is 1. The fourth-order valence-corrected chi connectivity index (χ4v) is 6.74. The Hall–Kier alpha value is -3.20. The van der Waals surface area contributed by atoms with E-state index in [0.29, 0.717) is 11.5 Å². The SMILES string of the molecule is CCC(C)(C)/C(C)=C/c1ccc(O)c2c1-c1c(C)cccc1C2(C)C(c1ccc(O)c(OC)c1)C(C)(C)CC. The van der Waals surface area contributed by atoms with Crippen LogP contribution in [0.2, 0.25) is 0 Å². The van der Waals surface area contributed by atoms with Crippen LogP contribution >= 0.6 is 0 Å². The minimum absolute atomic E-state index is 0.00962. The minimum atomic E-state index is -0.527. The van der Waals surface area contributed by atoms with Crippen molar-refractivity contribution in [1.82, 2.24) is 0 Å². The van der Waals surface area contributed by atoms with E-state index in [-0.39, 0.29) is 22.5 Å². The standard InChI is InChI=1S/C36H46O3/c1-11-34(5,6)23(4)20-24-16-19-28(38)32-31(24)30-22(3)14-13-15-26(30)36(32,9)33(35(7,8)12-2)25-17-18-27(37)29(21-25)39-10/h13-21,33,37-38H,11-12H2,1-10H3/b23-20+. The molecule has 2 unspecified atom stereocenters. The maximum absolute atomic E-state index is 11.7. The Kier molecular flexibility index (Phi) is 7.44. The Labute approximate surface area is 235 Å².